The first-order chi connectivity index (χ1) is 17.1. The summed E-state index contributed by atoms with van der Waals surface area (Å²) in [6, 6.07) is 0. The number of ether oxygens (including phenoxy) is 1. The van der Waals surface area contributed by atoms with Crippen molar-refractivity contribution in [1.29, 1.82) is 0 Å². The fourth-order valence-corrected chi connectivity index (χ4v) is 9.25. The van der Waals surface area contributed by atoms with E-state index in [1.54, 1.807) is 5.57 Å². The summed E-state index contributed by atoms with van der Waals surface area (Å²) in [6.45, 7) is 20.4. The van der Waals surface area contributed by atoms with Crippen molar-refractivity contribution in [3.8, 4) is 0 Å². The van der Waals surface area contributed by atoms with E-state index in [9.17, 15) is 4.79 Å². The van der Waals surface area contributed by atoms with Crippen LogP contribution >= 0.6 is 0 Å². The fraction of sp³-hybridized carbons (Fsp3) is 0.912. The van der Waals surface area contributed by atoms with E-state index in [4.69, 9.17) is 4.74 Å². The van der Waals surface area contributed by atoms with Gasteiger partial charge in [0, 0.05) is 6.42 Å². The molecule has 0 amide bonds. The molecule has 3 saturated carbocycles. The van der Waals surface area contributed by atoms with Crippen LogP contribution in [0.3, 0.4) is 0 Å². The second-order valence-electron chi connectivity index (χ2n) is 13.9. The van der Waals surface area contributed by atoms with Crippen molar-refractivity contribution < 1.29 is 9.53 Å². The maximum atomic E-state index is 12.2. The molecule has 3 fully saturated rings. The molecule has 208 valence electrons. The fourth-order valence-electron chi connectivity index (χ4n) is 9.25. The van der Waals surface area contributed by atoms with Gasteiger partial charge in [-0.3, -0.25) is 4.79 Å². The molecule has 0 spiro atoms. The lowest BCUT2D eigenvalue weighted by Gasteiger charge is -2.58. The van der Waals surface area contributed by atoms with Crippen molar-refractivity contribution in [3.63, 3.8) is 0 Å². The van der Waals surface area contributed by atoms with Gasteiger partial charge < -0.3 is 4.74 Å². The van der Waals surface area contributed by atoms with Gasteiger partial charge >= 0.3 is 5.97 Å². The zero-order valence-electron chi connectivity index (χ0n) is 25.5. The molecule has 2 heteroatoms. The van der Waals surface area contributed by atoms with E-state index < -0.39 is 0 Å². The summed E-state index contributed by atoms with van der Waals surface area (Å²) in [5.74, 6) is 5.30. The van der Waals surface area contributed by atoms with Crippen molar-refractivity contribution in [3.05, 3.63) is 11.6 Å². The lowest BCUT2D eigenvalue weighted by Crippen LogP contribution is -2.50. The van der Waals surface area contributed by atoms with Crippen LogP contribution in [-0.4, -0.2) is 12.1 Å². The first-order valence-corrected chi connectivity index (χ1v) is 16.0. The molecule has 0 aliphatic heterocycles. The molecule has 4 aliphatic carbocycles. The third-order valence-corrected chi connectivity index (χ3v) is 11.6. The zero-order chi connectivity index (χ0) is 26.7. The number of carbonyl (C=O) groups is 1. The molecule has 0 aromatic rings. The summed E-state index contributed by atoms with van der Waals surface area (Å²) < 4.78 is 5.88. The van der Waals surface area contributed by atoms with Crippen LogP contribution in [0.5, 0.6) is 0 Å². The molecule has 0 bridgehead atoms. The second-order valence-corrected chi connectivity index (χ2v) is 13.9. The molecule has 36 heavy (non-hydrogen) atoms. The van der Waals surface area contributed by atoms with E-state index in [-0.39, 0.29) is 18.0 Å². The highest BCUT2D eigenvalue weighted by atomic mass is 16.5. The Morgan fingerprint density at radius 3 is 2.39 bits per heavy atom. The number of carbonyl (C=O) groups excluding carboxylic acids is 1. The van der Waals surface area contributed by atoms with E-state index in [2.05, 4.69) is 40.7 Å². The van der Waals surface area contributed by atoms with Gasteiger partial charge in [0.25, 0.3) is 0 Å². The largest absolute Gasteiger partial charge is 0.462 e. The van der Waals surface area contributed by atoms with Crippen molar-refractivity contribution in [2.24, 2.45) is 52.3 Å². The molecular formula is C34H60O2. The molecule has 0 radical (unpaired) electrons. The Kier molecular flexibility index (Phi) is 10.2. The van der Waals surface area contributed by atoms with Crippen LogP contribution in [-0.2, 0) is 9.53 Å². The van der Waals surface area contributed by atoms with Crippen LogP contribution in [0.25, 0.3) is 0 Å². The van der Waals surface area contributed by atoms with Gasteiger partial charge in [0.05, 0.1) is 5.92 Å². The Labute approximate surface area is 224 Å². The van der Waals surface area contributed by atoms with Crippen LogP contribution in [0, 0.1) is 52.3 Å². The van der Waals surface area contributed by atoms with Crippen LogP contribution in [0.4, 0.5) is 0 Å². The number of rotatable bonds is 8. The highest BCUT2D eigenvalue weighted by molar-refractivity contribution is 5.71. The predicted octanol–water partition coefficient (Wildman–Crippen LogP) is 10.0. The average molecular weight is 501 g/mol. The first kappa shape index (κ1) is 29.8. The van der Waals surface area contributed by atoms with Crippen LogP contribution < -0.4 is 0 Å². The third kappa shape index (κ3) is 5.78. The molecule has 2 nitrogen and oxygen atoms in total. The lowest BCUT2D eigenvalue weighted by atomic mass is 9.47. The molecule has 0 N–H and O–H groups in total. The molecule has 0 aromatic carbocycles. The topological polar surface area (TPSA) is 26.3 Å². The molecular weight excluding hydrogens is 440 g/mol. The van der Waals surface area contributed by atoms with Crippen molar-refractivity contribution in [2.45, 2.75) is 145 Å². The number of hydrogen-bond acceptors (Lipinski definition) is 2. The quantitative estimate of drug-likeness (QED) is 0.245. The van der Waals surface area contributed by atoms with Crippen molar-refractivity contribution >= 4 is 5.97 Å². The summed E-state index contributed by atoms with van der Waals surface area (Å²) in [7, 11) is 0. The number of esters is 1. The molecule has 0 aromatic heterocycles. The number of fused-ring (bicyclic) bond motifs is 5. The van der Waals surface area contributed by atoms with Gasteiger partial charge in [0.1, 0.15) is 6.10 Å². The van der Waals surface area contributed by atoms with Crippen molar-refractivity contribution in [1.82, 2.24) is 0 Å². The van der Waals surface area contributed by atoms with Gasteiger partial charge in [-0.05, 0) is 97.7 Å². The first-order valence-electron chi connectivity index (χ1n) is 16.0. The summed E-state index contributed by atoms with van der Waals surface area (Å²) in [5.41, 5.74) is 2.54. The Morgan fingerprint density at radius 2 is 1.75 bits per heavy atom. The lowest BCUT2D eigenvalue weighted by molar-refractivity contribution is -0.155. The van der Waals surface area contributed by atoms with E-state index in [0.717, 1.165) is 48.3 Å². The number of allylic oxidation sites excluding steroid dienone is 1. The predicted molar refractivity (Wildman–Crippen MR) is 154 cm³/mol. The molecule has 7 unspecified atom stereocenters. The van der Waals surface area contributed by atoms with Gasteiger partial charge in [-0.25, -0.2) is 0 Å². The van der Waals surface area contributed by atoms with Gasteiger partial charge in [-0.15, -0.1) is 0 Å². The Morgan fingerprint density at radius 1 is 1.03 bits per heavy atom. The smallest absolute Gasteiger partial charge is 0.308 e. The van der Waals surface area contributed by atoms with E-state index in [0.29, 0.717) is 10.8 Å². The summed E-state index contributed by atoms with van der Waals surface area (Å²) >= 11 is 0. The monoisotopic (exact) mass is 500 g/mol. The van der Waals surface area contributed by atoms with E-state index >= 15 is 0 Å². The van der Waals surface area contributed by atoms with Gasteiger partial charge in [-0.1, -0.05) is 93.2 Å². The second kappa shape index (κ2) is 12.4. The van der Waals surface area contributed by atoms with Gasteiger partial charge in [-0.2, -0.15) is 0 Å². The zero-order valence-corrected chi connectivity index (χ0v) is 25.5. The van der Waals surface area contributed by atoms with E-state index in [1.165, 1.54) is 64.2 Å². The molecule has 4 aliphatic rings. The standard InChI is InChI=1S/C32H54O2.C2H6/c1-8-23(21(2)3)10-9-11-24-13-15-28-27-14-12-25-20-26(34-30(33)22(4)5)16-18-32(25,7)29(27)17-19-31(24,28)6;1-2/h12,21-24,26-29H,8-11,13-20H2,1-7H3;1-2H3/t23?,24?,26?,27?,28?,29?,31?,32-;/m0./s1. The minimum Gasteiger partial charge on any atom is -0.462 e. The highest BCUT2D eigenvalue weighted by Gasteiger charge is 2.58. The van der Waals surface area contributed by atoms with Gasteiger partial charge in [0.15, 0.2) is 0 Å². The van der Waals surface area contributed by atoms with Crippen LogP contribution in [0.1, 0.15) is 139 Å². The van der Waals surface area contributed by atoms with Crippen LogP contribution in [0.15, 0.2) is 11.6 Å². The minimum atomic E-state index is -0.0254. The summed E-state index contributed by atoms with van der Waals surface area (Å²) in [5, 5.41) is 0. The number of hydrogen-bond donors (Lipinski definition) is 0. The summed E-state index contributed by atoms with van der Waals surface area (Å²) in [6.07, 6.45) is 18.7. The normalized spacial score (nSPS) is 38.3. The van der Waals surface area contributed by atoms with Crippen LogP contribution in [0.2, 0.25) is 0 Å². The Hall–Kier alpha value is -0.790. The van der Waals surface area contributed by atoms with Crippen molar-refractivity contribution in [2.75, 3.05) is 0 Å². The third-order valence-electron chi connectivity index (χ3n) is 11.6. The van der Waals surface area contributed by atoms with E-state index in [1.807, 2.05) is 27.7 Å². The molecule has 0 heterocycles. The maximum absolute atomic E-state index is 12.2. The SMILES string of the molecule is CC.CCC(CCCC1CCC2C3CC=C4CC(OC(=O)C(C)C)CC[C@]4(C)C3CCC12C)C(C)C. The molecule has 8 atom stereocenters. The van der Waals surface area contributed by atoms with Gasteiger partial charge in [0.2, 0.25) is 0 Å². The minimum absolute atomic E-state index is 0.0213. The highest BCUT2D eigenvalue weighted by Crippen LogP contribution is 2.66. The maximum Gasteiger partial charge on any atom is 0.308 e. The molecule has 4 rings (SSSR count). The Balaban J connectivity index is 0.00000176. The summed E-state index contributed by atoms with van der Waals surface area (Å²) in [4.78, 5) is 12.2. The average Bonchev–Trinajstić information content (AvgIpc) is 3.19. The Bertz CT molecular complexity index is 750. The molecule has 0 saturated heterocycles.